The molecule has 0 saturated carbocycles. The van der Waals surface area contributed by atoms with Gasteiger partial charge in [-0.3, -0.25) is 0 Å². The normalized spacial score (nSPS) is 13.3. The number of nitrogens with zero attached hydrogens (tertiary/aromatic N) is 1. The lowest BCUT2D eigenvalue weighted by molar-refractivity contribution is 0.348. The van der Waals surface area contributed by atoms with Gasteiger partial charge in [0.2, 0.25) is 10.0 Å². The third-order valence-corrected chi connectivity index (χ3v) is 5.04. The maximum atomic E-state index is 14.0. The SMILES string of the molecule is COc1cc(F)c(S(=O)(=O)N(C)C(C)CN)cc1OC. The van der Waals surface area contributed by atoms with E-state index in [1.165, 1.54) is 21.3 Å². The number of nitrogens with two attached hydrogens (primary N) is 1. The molecule has 1 aromatic carbocycles. The highest BCUT2D eigenvalue weighted by Gasteiger charge is 2.29. The van der Waals surface area contributed by atoms with Gasteiger partial charge in [-0.15, -0.1) is 0 Å². The molecule has 0 amide bonds. The van der Waals surface area contributed by atoms with Crippen molar-refractivity contribution in [3.05, 3.63) is 17.9 Å². The zero-order valence-corrected chi connectivity index (χ0v) is 12.7. The van der Waals surface area contributed by atoms with Gasteiger partial charge in [-0.25, -0.2) is 12.8 Å². The third kappa shape index (κ3) is 3.02. The zero-order valence-electron chi connectivity index (χ0n) is 11.9. The molecular formula is C12H19FN2O4S. The molecule has 0 spiro atoms. The van der Waals surface area contributed by atoms with E-state index in [0.29, 0.717) is 0 Å². The van der Waals surface area contributed by atoms with Crippen molar-refractivity contribution in [2.45, 2.75) is 17.9 Å². The van der Waals surface area contributed by atoms with Gasteiger partial charge < -0.3 is 15.2 Å². The van der Waals surface area contributed by atoms with Crippen molar-refractivity contribution < 1.29 is 22.3 Å². The van der Waals surface area contributed by atoms with Crippen LogP contribution in [0.2, 0.25) is 0 Å². The summed E-state index contributed by atoms with van der Waals surface area (Å²) >= 11 is 0. The molecule has 0 radical (unpaired) electrons. The van der Waals surface area contributed by atoms with Gasteiger partial charge >= 0.3 is 0 Å². The summed E-state index contributed by atoms with van der Waals surface area (Å²) < 4.78 is 49.7. The first-order valence-electron chi connectivity index (χ1n) is 5.89. The average molecular weight is 306 g/mol. The summed E-state index contributed by atoms with van der Waals surface area (Å²) in [6.07, 6.45) is 0. The summed E-state index contributed by atoms with van der Waals surface area (Å²) in [5.41, 5.74) is 5.44. The summed E-state index contributed by atoms with van der Waals surface area (Å²) in [4.78, 5) is -0.474. The van der Waals surface area contributed by atoms with Crippen LogP contribution in [-0.4, -0.2) is 46.6 Å². The van der Waals surface area contributed by atoms with Crippen LogP contribution < -0.4 is 15.2 Å². The highest BCUT2D eigenvalue weighted by Crippen LogP contribution is 2.33. The molecule has 0 aliphatic rings. The van der Waals surface area contributed by atoms with Crippen LogP contribution in [0.25, 0.3) is 0 Å². The monoisotopic (exact) mass is 306 g/mol. The lowest BCUT2D eigenvalue weighted by Gasteiger charge is -2.23. The summed E-state index contributed by atoms with van der Waals surface area (Å²) in [5, 5.41) is 0. The molecule has 0 aromatic heterocycles. The molecule has 1 aromatic rings. The first-order chi connectivity index (χ1) is 9.29. The van der Waals surface area contributed by atoms with Crippen molar-refractivity contribution in [1.82, 2.24) is 4.31 Å². The van der Waals surface area contributed by atoms with Crippen LogP contribution in [0.15, 0.2) is 17.0 Å². The van der Waals surface area contributed by atoms with E-state index < -0.39 is 26.8 Å². The van der Waals surface area contributed by atoms with Crippen LogP contribution in [0.4, 0.5) is 4.39 Å². The van der Waals surface area contributed by atoms with Gasteiger partial charge in [0.05, 0.1) is 14.2 Å². The molecule has 2 N–H and O–H groups in total. The minimum Gasteiger partial charge on any atom is -0.493 e. The molecule has 8 heteroatoms. The van der Waals surface area contributed by atoms with Gasteiger partial charge in [-0.1, -0.05) is 0 Å². The number of ether oxygens (including phenoxy) is 2. The number of benzene rings is 1. The predicted octanol–water partition coefficient (Wildman–Crippen LogP) is 0.811. The largest absolute Gasteiger partial charge is 0.493 e. The molecule has 0 heterocycles. The maximum Gasteiger partial charge on any atom is 0.246 e. The van der Waals surface area contributed by atoms with Gasteiger partial charge in [0.25, 0.3) is 0 Å². The smallest absolute Gasteiger partial charge is 0.246 e. The second kappa shape index (κ2) is 6.38. The number of rotatable bonds is 6. The molecule has 1 rings (SSSR count). The van der Waals surface area contributed by atoms with E-state index >= 15 is 0 Å². The molecule has 114 valence electrons. The Balaban J connectivity index is 3.39. The molecule has 6 nitrogen and oxygen atoms in total. The lowest BCUT2D eigenvalue weighted by atomic mass is 10.3. The molecule has 0 saturated heterocycles. The number of hydrogen-bond donors (Lipinski definition) is 1. The fourth-order valence-electron chi connectivity index (χ4n) is 1.57. The summed E-state index contributed by atoms with van der Waals surface area (Å²) in [5.74, 6) is -0.640. The molecular weight excluding hydrogens is 287 g/mol. The fraction of sp³-hybridized carbons (Fsp3) is 0.500. The van der Waals surface area contributed by atoms with E-state index in [0.717, 1.165) is 16.4 Å². The van der Waals surface area contributed by atoms with Crippen LogP contribution in [0.1, 0.15) is 6.92 Å². The minimum absolute atomic E-state index is 0.124. The van der Waals surface area contributed by atoms with Crippen molar-refractivity contribution in [1.29, 1.82) is 0 Å². The van der Waals surface area contributed by atoms with Crippen molar-refractivity contribution in [2.24, 2.45) is 5.73 Å². The minimum atomic E-state index is -4.00. The fourth-order valence-corrected chi connectivity index (χ4v) is 3.01. The number of hydrogen-bond acceptors (Lipinski definition) is 5. The van der Waals surface area contributed by atoms with Gasteiger partial charge in [0.1, 0.15) is 10.7 Å². The summed E-state index contributed by atoms with van der Waals surface area (Å²) in [6, 6.07) is 1.63. The van der Waals surface area contributed by atoms with Crippen molar-refractivity contribution >= 4 is 10.0 Å². The van der Waals surface area contributed by atoms with E-state index in [2.05, 4.69) is 0 Å². The number of sulfonamides is 1. The second-order valence-electron chi connectivity index (χ2n) is 4.24. The topological polar surface area (TPSA) is 81.9 Å². The highest BCUT2D eigenvalue weighted by atomic mass is 32.2. The quantitative estimate of drug-likeness (QED) is 0.841. The first kappa shape index (κ1) is 16.7. The number of halogens is 1. The van der Waals surface area contributed by atoms with Crippen LogP contribution in [0, 0.1) is 5.82 Å². The molecule has 0 fully saturated rings. The highest BCUT2D eigenvalue weighted by molar-refractivity contribution is 7.89. The lowest BCUT2D eigenvalue weighted by Crippen LogP contribution is -2.40. The Labute approximate surface area is 118 Å². The Morgan fingerprint density at radius 1 is 1.30 bits per heavy atom. The Morgan fingerprint density at radius 3 is 2.25 bits per heavy atom. The Hall–Kier alpha value is -1.38. The molecule has 0 aliphatic heterocycles. The summed E-state index contributed by atoms with van der Waals surface area (Å²) in [6.45, 7) is 1.76. The molecule has 20 heavy (non-hydrogen) atoms. The van der Waals surface area contributed by atoms with Crippen molar-refractivity contribution in [3.8, 4) is 11.5 Å². The van der Waals surface area contributed by atoms with Crippen LogP contribution in [0.5, 0.6) is 11.5 Å². The first-order valence-corrected chi connectivity index (χ1v) is 7.33. The Morgan fingerprint density at radius 2 is 1.80 bits per heavy atom. The Kier molecular flexibility index (Phi) is 5.32. The third-order valence-electron chi connectivity index (χ3n) is 3.06. The van der Waals surface area contributed by atoms with Gasteiger partial charge in [-0.2, -0.15) is 4.31 Å². The zero-order chi connectivity index (χ0) is 15.5. The van der Waals surface area contributed by atoms with Gasteiger partial charge in [-0.05, 0) is 6.92 Å². The van der Waals surface area contributed by atoms with E-state index in [9.17, 15) is 12.8 Å². The molecule has 0 bridgehead atoms. The predicted molar refractivity (Wildman–Crippen MR) is 73.0 cm³/mol. The van der Waals surface area contributed by atoms with Gasteiger partial charge in [0, 0.05) is 31.8 Å². The van der Waals surface area contributed by atoms with E-state index in [1.54, 1.807) is 6.92 Å². The van der Waals surface area contributed by atoms with E-state index in [4.69, 9.17) is 15.2 Å². The van der Waals surface area contributed by atoms with Gasteiger partial charge in [0.15, 0.2) is 11.5 Å². The van der Waals surface area contributed by atoms with Crippen LogP contribution in [0.3, 0.4) is 0 Å². The van der Waals surface area contributed by atoms with Crippen LogP contribution >= 0.6 is 0 Å². The number of likely N-dealkylation sites (N-methyl/N-ethyl adjacent to an activating group) is 1. The molecule has 0 aliphatic carbocycles. The van der Waals surface area contributed by atoms with E-state index in [1.807, 2.05) is 0 Å². The maximum absolute atomic E-state index is 14.0. The second-order valence-corrected chi connectivity index (χ2v) is 6.21. The Bertz CT molecular complexity index is 577. The standard InChI is InChI=1S/C12H19FN2O4S/c1-8(7-14)15(2)20(16,17)12-6-11(19-4)10(18-3)5-9(12)13/h5-6,8H,7,14H2,1-4H3. The van der Waals surface area contributed by atoms with Crippen molar-refractivity contribution in [2.75, 3.05) is 27.8 Å². The molecule has 1 atom stereocenters. The van der Waals surface area contributed by atoms with Crippen LogP contribution in [-0.2, 0) is 10.0 Å². The van der Waals surface area contributed by atoms with E-state index in [-0.39, 0.29) is 18.0 Å². The molecule has 1 unspecified atom stereocenters. The van der Waals surface area contributed by atoms with Crippen molar-refractivity contribution in [3.63, 3.8) is 0 Å². The number of methoxy groups -OCH3 is 2. The summed E-state index contributed by atoms with van der Waals surface area (Å²) in [7, 11) is 0.0414. The average Bonchev–Trinajstić information content (AvgIpc) is 2.44.